The Kier molecular flexibility index (Phi) is 4.52. The molecular formula is C15H24N2O. The van der Waals surface area contributed by atoms with Gasteiger partial charge in [0.15, 0.2) is 0 Å². The Balaban J connectivity index is 2.85. The quantitative estimate of drug-likeness (QED) is 0.507. The summed E-state index contributed by atoms with van der Waals surface area (Å²) in [5.41, 5.74) is 3.90. The van der Waals surface area contributed by atoms with Crippen LogP contribution < -0.4 is 5.84 Å². The van der Waals surface area contributed by atoms with Gasteiger partial charge in [-0.3, -0.25) is 9.80 Å². The lowest BCUT2D eigenvalue weighted by atomic mass is 9.85. The molecule has 1 aromatic rings. The van der Waals surface area contributed by atoms with E-state index in [1.165, 1.54) is 16.7 Å². The topological polar surface area (TPSA) is 46.3 Å². The molecule has 0 aliphatic rings. The van der Waals surface area contributed by atoms with E-state index in [0.29, 0.717) is 6.42 Å². The zero-order valence-corrected chi connectivity index (χ0v) is 12.1. The van der Waals surface area contributed by atoms with Gasteiger partial charge in [0.25, 0.3) is 0 Å². The van der Waals surface area contributed by atoms with Gasteiger partial charge in [0.05, 0.1) is 0 Å². The van der Waals surface area contributed by atoms with Crippen LogP contribution in [-0.2, 0) is 16.6 Å². The van der Waals surface area contributed by atoms with Crippen molar-refractivity contribution in [1.82, 2.24) is 5.01 Å². The van der Waals surface area contributed by atoms with Crippen molar-refractivity contribution in [3.8, 4) is 0 Å². The number of hydrogen-bond acceptors (Lipinski definition) is 2. The average Bonchev–Trinajstić information content (AvgIpc) is 2.25. The van der Waals surface area contributed by atoms with Gasteiger partial charge in [-0.1, -0.05) is 39.0 Å². The highest BCUT2D eigenvalue weighted by Crippen LogP contribution is 2.25. The predicted molar refractivity (Wildman–Crippen MR) is 75.2 cm³/mol. The normalized spacial score (nSPS) is 11.4. The van der Waals surface area contributed by atoms with Crippen LogP contribution in [0.1, 0.15) is 43.9 Å². The maximum atomic E-state index is 11.5. The Morgan fingerprint density at radius 1 is 1.33 bits per heavy atom. The maximum Gasteiger partial charge on any atom is 0.236 e. The van der Waals surface area contributed by atoms with Crippen molar-refractivity contribution in [2.75, 3.05) is 7.05 Å². The van der Waals surface area contributed by atoms with E-state index in [2.05, 4.69) is 45.9 Å². The van der Waals surface area contributed by atoms with Crippen LogP contribution in [0.4, 0.5) is 0 Å². The fourth-order valence-corrected chi connectivity index (χ4v) is 1.83. The van der Waals surface area contributed by atoms with Crippen molar-refractivity contribution >= 4 is 5.91 Å². The number of benzene rings is 1. The molecule has 0 atom stereocenters. The number of aryl methyl sites for hydroxylation is 2. The van der Waals surface area contributed by atoms with E-state index in [1.807, 2.05) is 0 Å². The smallest absolute Gasteiger partial charge is 0.236 e. The second-order valence-electron chi connectivity index (χ2n) is 5.90. The molecule has 100 valence electrons. The molecule has 0 aliphatic carbocycles. The fraction of sp³-hybridized carbons (Fsp3) is 0.533. The van der Waals surface area contributed by atoms with E-state index in [9.17, 15) is 4.79 Å². The van der Waals surface area contributed by atoms with Crippen LogP contribution in [-0.4, -0.2) is 18.0 Å². The number of amides is 1. The number of hydrogen-bond donors (Lipinski definition) is 1. The van der Waals surface area contributed by atoms with Crippen molar-refractivity contribution in [2.45, 2.75) is 46.0 Å². The van der Waals surface area contributed by atoms with Crippen molar-refractivity contribution in [1.29, 1.82) is 0 Å². The number of rotatable bonds is 3. The predicted octanol–water partition coefficient (Wildman–Crippen LogP) is 2.56. The van der Waals surface area contributed by atoms with Gasteiger partial charge in [-0.15, -0.1) is 0 Å². The summed E-state index contributed by atoms with van der Waals surface area (Å²) in [6.07, 6.45) is 1.21. The zero-order chi connectivity index (χ0) is 13.9. The van der Waals surface area contributed by atoms with E-state index in [0.717, 1.165) is 11.4 Å². The second-order valence-corrected chi connectivity index (χ2v) is 5.90. The van der Waals surface area contributed by atoms with E-state index in [1.54, 1.807) is 7.05 Å². The molecule has 0 aliphatic heterocycles. The molecule has 1 amide bonds. The van der Waals surface area contributed by atoms with Gasteiger partial charge in [0.2, 0.25) is 5.91 Å². The summed E-state index contributed by atoms with van der Waals surface area (Å²) >= 11 is 0. The SMILES string of the molecule is Cc1ccc(C(C)(C)C)cc1CCC(=O)N(C)N. The van der Waals surface area contributed by atoms with Crippen LogP contribution in [0.5, 0.6) is 0 Å². The standard InChI is InChI=1S/C15H24N2O/c1-11-6-8-13(15(2,3)4)10-12(11)7-9-14(18)17(5)16/h6,8,10H,7,9,16H2,1-5H3. The molecule has 0 heterocycles. The van der Waals surface area contributed by atoms with Crippen LogP contribution in [0.3, 0.4) is 0 Å². The molecule has 0 fully saturated rings. The highest BCUT2D eigenvalue weighted by molar-refractivity contribution is 5.75. The van der Waals surface area contributed by atoms with Crippen molar-refractivity contribution in [2.24, 2.45) is 5.84 Å². The lowest BCUT2D eigenvalue weighted by Crippen LogP contribution is -2.33. The molecular weight excluding hydrogens is 224 g/mol. The summed E-state index contributed by atoms with van der Waals surface area (Å²) < 4.78 is 0. The Morgan fingerprint density at radius 3 is 2.44 bits per heavy atom. The molecule has 1 aromatic carbocycles. The second kappa shape index (κ2) is 5.53. The van der Waals surface area contributed by atoms with Gasteiger partial charge in [0.1, 0.15) is 0 Å². The third kappa shape index (κ3) is 3.84. The number of carbonyl (C=O) groups is 1. The third-order valence-electron chi connectivity index (χ3n) is 3.22. The molecule has 1 rings (SSSR count). The Bertz CT molecular complexity index is 431. The van der Waals surface area contributed by atoms with Crippen molar-refractivity contribution in [3.05, 3.63) is 34.9 Å². The molecule has 3 heteroatoms. The van der Waals surface area contributed by atoms with Crippen LogP contribution >= 0.6 is 0 Å². The summed E-state index contributed by atoms with van der Waals surface area (Å²) in [6, 6.07) is 6.50. The number of nitrogens with two attached hydrogens (primary N) is 1. The molecule has 3 nitrogen and oxygen atoms in total. The highest BCUT2D eigenvalue weighted by Gasteiger charge is 2.15. The van der Waals surface area contributed by atoms with Gasteiger partial charge < -0.3 is 0 Å². The summed E-state index contributed by atoms with van der Waals surface area (Å²) in [7, 11) is 1.58. The summed E-state index contributed by atoms with van der Waals surface area (Å²) in [4.78, 5) is 11.5. The molecule has 0 saturated heterocycles. The Hall–Kier alpha value is -1.35. The van der Waals surface area contributed by atoms with Crippen LogP contribution in [0, 0.1) is 6.92 Å². The number of nitrogens with zero attached hydrogens (tertiary/aromatic N) is 1. The first kappa shape index (κ1) is 14.7. The minimum absolute atomic E-state index is 0.0319. The minimum Gasteiger partial charge on any atom is -0.284 e. The Labute approximate surface area is 110 Å². The van der Waals surface area contributed by atoms with Gasteiger partial charge >= 0.3 is 0 Å². The van der Waals surface area contributed by atoms with Gasteiger partial charge in [-0.25, -0.2) is 5.84 Å². The highest BCUT2D eigenvalue weighted by atomic mass is 16.2. The summed E-state index contributed by atoms with van der Waals surface area (Å²) in [5.74, 6) is 5.39. The first-order valence-electron chi connectivity index (χ1n) is 6.33. The van der Waals surface area contributed by atoms with E-state index in [4.69, 9.17) is 5.84 Å². The Morgan fingerprint density at radius 2 is 1.94 bits per heavy atom. The van der Waals surface area contributed by atoms with Crippen LogP contribution in [0.15, 0.2) is 18.2 Å². The first-order chi connectivity index (χ1) is 8.21. The largest absolute Gasteiger partial charge is 0.284 e. The zero-order valence-electron chi connectivity index (χ0n) is 12.1. The molecule has 0 bridgehead atoms. The van der Waals surface area contributed by atoms with Crippen LogP contribution in [0.2, 0.25) is 0 Å². The fourth-order valence-electron chi connectivity index (χ4n) is 1.83. The number of hydrazine groups is 1. The number of carbonyl (C=O) groups excluding carboxylic acids is 1. The average molecular weight is 248 g/mol. The molecule has 0 saturated carbocycles. The summed E-state index contributed by atoms with van der Waals surface area (Å²) in [6.45, 7) is 8.67. The molecule has 18 heavy (non-hydrogen) atoms. The van der Waals surface area contributed by atoms with Crippen LogP contribution in [0.25, 0.3) is 0 Å². The lowest BCUT2D eigenvalue weighted by molar-refractivity contribution is -0.130. The van der Waals surface area contributed by atoms with E-state index >= 15 is 0 Å². The molecule has 0 aromatic heterocycles. The molecule has 2 N–H and O–H groups in total. The minimum atomic E-state index is -0.0319. The summed E-state index contributed by atoms with van der Waals surface area (Å²) in [5, 5.41) is 1.16. The van der Waals surface area contributed by atoms with E-state index in [-0.39, 0.29) is 11.3 Å². The monoisotopic (exact) mass is 248 g/mol. The maximum absolute atomic E-state index is 11.5. The van der Waals surface area contributed by atoms with Crippen molar-refractivity contribution < 1.29 is 4.79 Å². The van der Waals surface area contributed by atoms with Gasteiger partial charge in [-0.05, 0) is 35.4 Å². The lowest BCUT2D eigenvalue weighted by Gasteiger charge is -2.21. The third-order valence-corrected chi connectivity index (χ3v) is 3.22. The molecule has 0 unspecified atom stereocenters. The molecule has 0 spiro atoms. The van der Waals surface area contributed by atoms with Crippen molar-refractivity contribution in [3.63, 3.8) is 0 Å². The van der Waals surface area contributed by atoms with Gasteiger partial charge in [-0.2, -0.15) is 0 Å². The molecule has 0 radical (unpaired) electrons. The van der Waals surface area contributed by atoms with Gasteiger partial charge in [0, 0.05) is 13.5 Å². The first-order valence-corrected chi connectivity index (χ1v) is 6.33. The van der Waals surface area contributed by atoms with E-state index < -0.39 is 0 Å².